The van der Waals surface area contributed by atoms with Gasteiger partial charge < -0.3 is 24.4 Å². The SMILES string of the molecule is CN(C)CCN(C)C(=O)c1cc(Oc2ccc3c(c2)nc(Nc2ccccc2F)n3C)ccn1. The van der Waals surface area contributed by atoms with Gasteiger partial charge in [-0.3, -0.25) is 9.78 Å². The van der Waals surface area contributed by atoms with E-state index in [2.05, 4.69) is 15.3 Å². The van der Waals surface area contributed by atoms with Crippen molar-refractivity contribution in [3.05, 3.63) is 72.3 Å². The first-order valence-corrected chi connectivity index (χ1v) is 10.8. The molecule has 0 unspecified atom stereocenters. The van der Waals surface area contributed by atoms with Crippen molar-refractivity contribution in [2.45, 2.75) is 0 Å². The Kier molecular flexibility index (Phi) is 6.74. The Bertz CT molecular complexity index is 1320. The maximum atomic E-state index is 14.0. The summed E-state index contributed by atoms with van der Waals surface area (Å²) >= 11 is 0. The second-order valence-corrected chi connectivity index (χ2v) is 8.26. The molecule has 2 heterocycles. The lowest BCUT2D eigenvalue weighted by atomic mass is 10.3. The van der Waals surface area contributed by atoms with Gasteiger partial charge in [-0.1, -0.05) is 12.1 Å². The van der Waals surface area contributed by atoms with E-state index in [1.807, 2.05) is 42.7 Å². The van der Waals surface area contributed by atoms with Crippen molar-refractivity contribution >= 4 is 28.6 Å². The minimum atomic E-state index is -0.353. The number of halogens is 1. The lowest BCUT2D eigenvalue weighted by Crippen LogP contribution is -2.33. The molecule has 9 heteroatoms. The highest BCUT2D eigenvalue weighted by Gasteiger charge is 2.15. The lowest BCUT2D eigenvalue weighted by molar-refractivity contribution is 0.0780. The van der Waals surface area contributed by atoms with Crippen molar-refractivity contribution in [1.82, 2.24) is 24.3 Å². The summed E-state index contributed by atoms with van der Waals surface area (Å²) in [6.45, 7) is 1.36. The highest BCUT2D eigenvalue weighted by Crippen LogP contribution is 2.28. The van der Waals surface area contributed by atoms with E-state index in [0.717, 1.165) is 12.1 Å². The summed E-state index contributed by atoms with van der Waals surface area (Å²) in [5.41, 5.74) is 2.21. The van der Waals surface area contributed by atoms with Crippen molar-refractivity contribution in [2.75, 3.05) is 39.5 Å². The van der Waals surface area contributed by atoms with Crippen molar-refractivity contribution in [2.24, 2.45) is 7.05 Å². The highest BCUT2D eigenvalue weighted by molar-refractivity contribution is 5.92. The van der Waals surface area contributed by atoms with Gasteiger partial charge in [0.2, 0.25) is 5.95 Å². The Balaban J connectivity index is 1.52. The molecule has 0 aliphatic rings. The minimum Gasteiger partial charge on any atom is -0.457 e. The van der Waals surface area contributed by atoms with Gasteiger partial charge in [-0.05, 0) is 44.4 Å². The minimum absolute atomic E-state index is 0.170. The molecule has 0 aliphatic carbocycles. The molecule has 0 spiro atoms. The van der Waals surface area contributed by atoms with Crippen LogP contribution in [0.3, 0.4) is 0 Å². The molecular formula is C25H27FN6O2. The van der Waals surface area contributed by atoms with Crippen molar-refractivity contribution in [3.63, 3.8) is 0 Å². The molecule has 0 aliphatic heterocycles. The van der Waals surface area contributed by atoms with E-state index in [0.29, 0.717) is 40.9 Å². The number of amides is 1. The summed E-state index contributed by atoms with van der Waals surface area (Å²) in [5, 5.41) is 3.03. The third-order valence-electron chi connectivity index (χ3n) is 5.39. The van der Waals surface area contributed by atoms with E-state index in [1.54, 1.807) is 54.5 Å². The van der Waals surface area contributed by atoms with E-state index < -0.39 is 0 Å². The molecule has 1 amide bonds. The van der Waals surface area contributed by atoms with Crippen LogP contribution in [-0.2, 0) is 7.05 Å². The zero-order valence-electron chi connectivity index (χ0n) is 19.6. The number of aryl methyl sites for hydroxylation is 1. The van der Waals surface area contributed by atoms with Crippen LogP contribution in [0.2, 0.25) is 0 Å². The van der Waals surface area contributed by atoms with Crippen molar-refractivity contribution in [3.8, 4) is 11.5 Å². The number of para-hydroxylation sites is 1. The van der Waals surface area contributed by atoms with Crippen LogP contribution in [0.4, 0.5) is 16.0 Å². The Hall–Kier alpha value is -3.98. The summed E-state index contributed by atoms with van der Waals surface area (Å²) < 4.78 is 21.9. The number of fused-ring (bicyclic) bond motifs is 1. The maximum Gasteiger partial charge on any atom is 0.272 e. The molecule has 8 nitrogen and oxygen atoms in total. The second kappa shape index (κ2) is 9.88. The van der Waals surface area contributed by atoms with Crippen LogP contribution < -0.4 is 10.1 Å². The first kappa shape index (κ1) is 23.2. The van der Waals surface area contributed by atoms with Crippen molar-refractivity contribution in [1.29, 1.82) is 0 Å². The molecule has 4 aromatic rings. The smallest absolute Gasteiger partial charge is 0.272 e. The molecule has 4 rings (SSSR count). The number of imidazole rings is 1. The number of likely N-dealkylation sites (N-methyl/N-ethyl adjacent to an activating group) is 2. The van der Waals surface area contributed by atoms with Gasteiger partial charge in [-0.2, -0.15) is 0 Å². The summed E-state index contributed by atoms with van der Waals surface area (Å²) in [4.78, 5) is 25.1. The van der Waals surface area contributed by atoms with Gasteiger partial charge in [0.05, 0.1) is 16.7 Å². The quantitative estimate of drug-likeness (QED) is 0.421. The number of ether oxygens (including phenoxy) is 1. The predicted molar refractivity (Wildman–Crippen MR) is 130 cm³/mol. The van der Waals surface area contributed by atoms with Crippen molar-refractivity contribution < 1.29 is 13.9 Å². The number of rotatable bonds is 8. The summed E-state index contributed by atoms with van der Waals surface area (Å²) in [7, 11) is 7.53. The van der Waals surface area contributed by atoms with E-state index in [1.165, 1.54) is 6.07 Å². The van der Waals surface area contributed by atoms with Crippen LogP contribution in [0.5, 0.6) is 11.5 Å². The van der Waals surface area contributed by atoms with Gasteiger partial charge in [0.15, 0.2) is 0 Å². The van der Waals surface area contributed by atoms with E-state index in [4.69, 9.17) is 4.74 Å². The molecule has 0 fully saturated rings. The second-order valence-electron chi connectivity index (χ2n) is 8.26. The van der Waals surface area contributed by atoms with Gasteiger partial charge in [0, 0.05) is 45.5 Å². The standard InChI is InChI=1S/C25H27FN6O2/c1-30(2)13-14-31(3)24(33)22-16-18(11-12-27-22)34-17-9-10-23-21(15-17)29-25(32(23)4)28-20-8-6-5-7-19(20)26/h5-12,15-16H,13-14H2,1-4H3,(H,28,29). The highest BCUT2D eigenvalue weighted by atomic mass is 19.1. The summed E-state index contributed by atoms with van der Waals surface area (Å²) in [5.74, 6) is 1.05. The number of benzene rings is 2. The monoisotopic (exact) mass is 462 g/mol. The average Bonchev–Trinajstić information content (AvgIpc) is 3.13. The molecule has 176 valence electrons. The molecule has 0 bridgehead atoms. The Morgan fingerprint density at radius 3 is 2.59 bits per heavy atom. The normalized spacial score (nSPS) is 11.1. The fourth-order valence-electron chi connectivity index (χ4n) is 3.41. The van der Waals surface area contributed by atoms with Crippen LogP contribution in [0.25, 0.3) is 11.0 Å². The first-order valence-electron chi connectivity index (χ1n) is 10.8. The first-order chi connectivity index (χ1) is 16.3. The van der Waals surface area contributed by atoms with Gasteiger partial charge in [0.1, 0.15) is 23.0 Å². The van der Waals surface area contributed by atoms with Crippen LogP contribution >= 0.6 is 0 Å². The number of hydrogen-bond acceptors (Lipinski definition) is 6. The molecule has 0 saturated carbocycles. The van der Waals surface area contributed by atoms with Crippen LogP contribution in [0.15, 0.2) is 60.8 Å². The molecule has 0 saturated heterocycles. The molecule has 1 N–H and O–H groups in total. The van der Waals surface area contributed by atoms with Gasteiger partial charge in [-0.25, -0.2) is 9.37 Å². The van der Waals surface area contributed by atoms with Gasteiger partial charge >= 0.3 is 0 Å². The maximum absolute atomic E-state index is 14.0. The summed E-state index contributed by atoms with van der Waals surface area (Å²) in [6.07, 6.45) is 1.55. The van der Waals surface area contributed by atoms with E-state index in [9.17, 15) is 9.18 Å². The van der Waals surface area contributed by atoms with Crippen LogP contribution in [0, 0.1) is 5.82 Å². The number of carbonyl (C=O) groups is 1. The van der Waals surface area contributed by atoms with Gasteiger partial charge in [0.25, 0.3) is 5.91 Å². The van der Waals surface area contributed by atoms with Crippen LogP contribution in [0.1, 0.15) is 10.5 Å². The number of nitrogens with one attached hydrogen (secondary N) is 1. The molecule has 0 atom stereocenters. The molecule has 2 aromatic heterocycles. The predicted octanol–water partition coefficient (Wildman–Crippen LogP) is 4.28. The Morgan fingerprint density at radius 2 is 1.82 bits per heavy atom. The topological polar surface area (TPSA) is 75.5 Å². The Labute approximate surface area is 197 Å². The number of nitrogens with zero attached hydrogens (tertiary/aromatic N) is 5. The third-order valence-corrected chi connectivity index (χ3v) is 5.39. The Morgan fingerprint density at radius 1 is 1.06 bits per heavy atom. The number of aromatic nitrogens is 3. The van der Waals surface area contributed by atoms with E-state index >= 15 is 0 Å². The fraction of sp³-hybridized carbons (Fsp3) is 0.240. The third kappa shape index (κ3) is 5.15. The zero-order valence-corrected chi connectivity index (χ0v) is 19.6. The number of carbonyl (C=O) groups excluding carboxylic acids is 1. The molecule has 2 aromatic carbocycles. The molecule has 0 radical (unpaired) electrons. The molecular weight excluding hydrogens is 435 g/mol. The lowest BCUT2D eigenvalue weighted by Gasteiger charge is -2.19. The zero-order chi connectivity index (χ0) is 24.2. The average molecular weight is 463 g/mol. The largest absolute Gasteiger partial charge is 0.457 e. The van der Waals surface area contributed by atoms with E-state index in [-0.39, 0.29) is 11.7 Å². The number of hydrogen-bond donors (Lipinski definition) is 1. The fourth-order valence-corrected chi connectivity index (χ4v) is 3.41. The summed E-state index contributed by atoms with van der Waals surface area (Å²) in [6, 6.07) is 15.3. The molecule has 34 heavy (non-hydrogen) atoms. The van der Waals surface area contributed by atoms with Crippen LogP contribution in [-0.4, -0.2) is 64.5 Å². The van der Waals surface area contributed by atoms with Gasteiger partial charge in [-0.15, -0.1) is 0 Å². The number of anilines is 2. The number of pyridine rings is 1.